The van der Waals surface area contributed by atoms with Crippen LogP contribution in [0, 0.1) is 10.1 Å². The zero-order valence-corrected chi connectivity index (χ0v) is 14.4. The Labute approximate surface area is 157 Å². The molecule has 2 aromatic carbocycles. The minimum absolute atomic E-state index is 0.00715. The molecule has 3 aromatic rings. The molecule has 0 unspecified atom stereocenters. The van der Waals surface area contributed by atoms with Gasteiger partial charge in [0, 0.05) is 42.3 Å². The van der Waals surface area contributed by atoms with E-state index in [-0.39, 0.29) is 47.2 Å². The molecule has 0 saturated heterocycles. The van der Waals surface area contributed by atoms with Crippen LogP contribution in [0.15, 0.2) is 47.0 Å². The fraction of sp³-hybridized carbons (Fsp3) is 0.111. The molecule has 1 heterocycles. The van der Waals surface area contributed by atoms with E-state index in [1.54, 1.807) is 0 Å². The average Bonchev–Trinajstić information content (AvgIpc) is 3.10. The molecular weight excluding hydrogens is 370 g/mol. The van der Waals surface area contributed by atoms with Gasteiger partial charge in [-0.15, -0.1) is 0 Å². The summed E-state index contributed by atoms with van der Waals surface area (Å²) in [5.74, 6) is -0.304. The molecule has 10 nitrogen and oxygen atoms in total. The molecule has 144 valence electrons. The number of benzene rings is 2. The summed E-state index contributed by atoms with van der Waals surface area (Å²) in [5, 5.41) is 34.2. The summed E-state index contributed by atoms with van der Waals surface area (Å²) in [4.78, 5) is 21.3. The van der Waals surface area contributed by atoms with Gasteiger partial charge in [-0.2, -0.15) is 0 Å². The fourth-order valence-electron chi connectivity index (χ4n) is 2.52. The van der Waals surface area contributed by atoms with Crippen molar-refractivity contribution in [1.29, 1.82) is 0 Å². The number of hydrogen-bond donors (Lipinski definition) is 3. The topological polar surface area (TPSA) is 162 Å². The second-order valence-electron chi connectivity index (χ2n) is 5.84. The number of hydrogen-bond acceptors (Lipinski definition) is 8. The van der Waals surface area contributed by atoms with Gasteiger partial charge in [0.2, 0.25) is 0 Å². The van der Waals surface area contributed by atoms with Crippen molar-refractivity contribution < 1.29 is 29.2 Å². The Balaban J connectivity index is 1.82. The van der Waals surface area contributed by atoms with Gasteiger partial charge in [-0.3, -0.25) is 14.9 Å². The number of primary amides is 1. The summed E-state index contributed by atoms with van der Waals surface area (Å²) in [6, 6.07) is 9.22. The van der Waals surface area contributed by atoms with Crippen LogP contribution < -0.4 is 10.5 Å². The molecular formula is C18H15N3O7. The number of carbonyl (C=O) groups excluding carboxylic acids is 1. The molecule has 0 aliphatic heterocycles. The van der Waals surface area contributed by atoms with Gasteiger partial charge in [-0.1, -0.05) is 5.16 Å². The zero-order valence-electron chi connectivity index (χ0n) is 14.4. The normalized spacial score (nSPS) is 10.6. The van der Waals surface area contributed by atoms with E-state index in [1.807, 2.05) is 0 Å². The highest BCUT2D eigenvalue weighted by Gasteiger charge is 2.16. The third-order valence-corrected chi connectivity index (χ3v) is 3.88. The molecule has 0 saturated carbocycles. The van der Waals surface area contributed by atoms with Crippen LogP contribution in [0.2, 0.25) is 0 Å². The van der Waals surface area contributed by atoms with Gasteiger partial charge >= 0.3 is 0 Å². The number of non-ortho nitro benzene ring substituents is 1. The molecule has 0 aliphatic carbocycles. The maximum Gasteiger partial charge on any atom is 0.270 e. The highest BCUT2D eigenvalue weighted by atomic mass is 16.6. The van der Waals surface area contributed by atoms with Crippen LogP contribution in [0.3, 0.4) is 0 Å². The first-order valence-electron chi connectivity index (χ1n) is 8.06. The first-order valence-corrected chi connectivity index (χ1v) is 8.06. The number of nitrogens with zero attached hydrogens (tertiary/aromatic N) is 2. The molecule has 4 N–H and O–H groups in total. The molecule has 1 amide bonds. The van der Waals surface area contributed by atoms with Gasteiger partial charge in [0.05, 0.1) is 4.92 Å². The number of aromatic nitrogens is 1. The number of nitro benzene ring substituents is 1. The second kappa shape index (κ2) is 7.66. The van der Waals surface area contributed by atoms with Crippen molar-refractivity contribution in [3.05, 3.63) is 69.6 Å². The fourth-order valence-corrected chi connectivity index (χ4v) is 2.52. The Morgan fingerprint density at radius 2 is 1.89 bits per heavy atom. The van der Waals surface area contributed by atoms with Crippen molar-refractivity contribution in [1.82, 2.24) is 5.16 Å². The van der Waals surface area contributed by atoms with E-state index in [2.05, 4.69) is 5.16 Å². The molecule has 0 bridgehead atoms. The van der Waals surface area contributed by atoms with E-state index in [4.69, 9.17) is 15.0 Å². The standard InChI is InChI=1S/C18H15N3O7/c19-18(24)15-9-13(28-20-15)5-6-14-16(23)7-11(22)8-17(14)27-12-3-1-10(2-4-12)21(25)26/h1-4,7-9,22-23H,5-6H2,(H2,19,24). The number of nitrogens with two attached hydrogens (primary N) is 1. The summed E-state index contributed by atoms with van der Waals surface area (Å²) in [6.07, 6.45) is 0.511. The van der Waals surface area contributed by atoms with Crippen LogP contribution in [-0.4, -0.2) is 26.2 Å². The molecule has 0 aliphatic rings. The average molecular weight is 385 g/mol. The van der Waals surface area contributed by atoms with Crippen molar-refractivity contribution in [3.63, 3.8) is 0 Å². The second-order valence-corrected chi connectivity index (χ2v) is 5.84. The van der Waals surface area contributed by atoms with E-state index in [9.17, 15) is 25.1 Å². The Bertz CT molecular complexity index is 1030. The Morgan fingerprint density at radius 3 is 2.50 bits per heavy atom. The predicted molar refractivity (Wildman–Crippen MR) is 95.4 cm³/mol. The van der Waals surface area contributed by atoms with Gasteiger partial charge in [0.25, 0.3) is 11.6 Å². The van der Waals surface area contributed by atoms with Crippen molar-refractivity contribution >= 4 is 11.6 Å². The quantitative estimate of drug-likeness (QED) is 0.413. The molecule has 10 heteroatoms. The minimum atomic E-state index is -0.718. The van der Waals surface area contributed by atoms with Crippen LogP contribution >= 0.6 is 0 Å². The number of carbonyl (C=O) groups is 1. The summed E-state index contributed by atoms with van der Waals surface area (Å²) < 4.78 is 10.7. The number of aromatic hydroxyl groups is 2. The number of phenols is 2. The lowest BCUT2D eigenvalue weighted by molar-refractivity contribution is -0.384. The summed E-state index contributed by atoms with van der Waals surface area (Å²) in [5.41, 5.74) is 5.39. The lowest BCUT2D eigenvalue weighted by Gasteiger charge is -2.13. The first kappa shape index (κ1) is 18.7. The lowest BCUT2D eigenvalue weighted by atomic mass is 10.1. The smallest absolute Gasteiger partial charge is 0.270 e. The van der Waals surface area contributed by atoms with Crippen molar-refractivity contribution in [3.8, 4) is 23.0 Å². The van der Waals surface area contributed by atoms with Crippen molar-refractivity contribution in [2.75, 3.05) is 0 Å². The van der Waals surface area contributed by atoms with Crippen LogP contribution in [0.25, 0.3) is 0 Å². The molecule has 0 spiro atoms. The van der Waals surface area contributed by atoms with Crippen molar-refractivity contribution in [2.45, 2.75) is 12.8 Å². The maximum absolute atomic E-state index is 11.1. The van der Waals surface area contributed by atoms with Crippen LogP contribution in [-0.2, 0) is 12.8 Å². The molecule has 0 radical (unpaired) electrons. The number of amides is 1. The van der Waals surface area contributed by atoms with E-state index in [0.29, 0.717) is 11.3 Å². The SMILES string of the molecule is NC(=O)c1cc(CCc2c(O)cc(O)cc2Oc2ccc([N+](=O)[O-])cc2)on1. The van der Waals surface area contributed by atoms with Gasteiger partial charge in [-0.25, -0.2) is 0 Å². The van der Waals surface area contributed by atoms with E-state index < -0.39 is 10.8 Å². The third kappa shape index (κ3) is 4.18. The molecule has 1 aromatic heterocycles. The van der Waals surface area contributed by atoms with Gasteiger partial charge in [-0.05, 0) is 18.6 Å². The van der Waals surface area contributed by atoms with Crippen LogP contribution in [0.1, 0.15) is 21.8 Å². The number of phenolic OH excluding ortho intramolecular Hbond substituents is 2. The Morgan fingerprint density at radius 1 is 1.18 bits per heavy atom. The Hall–Kier alpha value is -4.08. The highest BCUT2D eigenvalue weighted by molar-refractivity contribution is 5.90. The minimum Gasteiger partial charge on any atom is -0.508 e. The highest BCUT2D eigenvalue weighted by Crippen LogP contribution is 2.36. The summed E-state index contributed by atoms with van der Waals surface area (Å²) >= 11 is 0. The summed E-state index contributed by atoms with van der Waals surface area (Å²) in [6.45, 7) is 0. The van der Waals surface area contributed by atoms with Gasteiger partial charge in [0.1, 0.15) is 28.8 Å². The maximum atomic E-state index is 11.1. The van der Waals surface area contributed by atoms with Crippen LogP contribution in [0.5, 0.6) is 23.0 Å². The van der Waals surface area contributed by atoms with E-state index in [1.165, 1.54) is 36.4 Å². The van der Waals surface area contributed by atoms with Crippen molar-refractivity contribution in [2.24, 2.45) is 5.73 Å². The summed E-state index contributed by atoms with van der Waals surface area (Å²) in [7, 11) is 0. The monoisotopic (exact) mass is 385 g/mol. The largest absolute Gasteiger partial charge is 0.508 e. The van der Waals surface area contributed by atoms with E-state index >= 15 is 0 Å². The third-order valence-electron chi connectivity index (χ3n) is 3.88. The zero-order chi connectivity index (χ0) is 20.3. The molecule has 0 fully saturated rings. The van der Waals surface area contributed by atoms with Gasteiger partial charge < -0.3 is 25.2 Å². The number of aryl methyl sites for hydroxylation is 1. The van der Waals surface area contributed by atoms with E-state index in [0.717, 1.165) is 6.07 Å². The van der Waals surface area contributed by atoms with Crippen LogP contribution in [0.4, 0.5) is 5.69 Å². The Kier molecular flexibility index (Phi) is 5.12. The number of ether oxygens (including phenoxy) is 1. The molecule has 3 rings (SSSR count). The lowest BCUT2D eigenvalue weighted by Crippen LogP contribution is -2.10. The number of rotatable bonds is 7. The number of nitro groups is 1. The van der Waals surface area contributed by atoms with Gasteiger partial charge in [0.15, 0.2) is 5.69 Å². The predicted octanol–water partition coefficient (Wildman–Crippen LogP) is 2.67. The molecule has 0 atom stereocenters. The first-order chi connectivity index (χ1) is 13.3. The molecule has 28 heavy (non-hydrogen) atoms.